The first-order valence-corrected chi connectivity index (χ1v) is 5.33. The number of halogens is 2. The third-order valence-corrected chi connectivity index (χ3v) is 2.91. The third-order valence-electron chi connectivity index (χ3n) is 2.31. The quantitative estimate of drug-likeness (QED) is 0.773. The Kier molecular flexibility index (Phi) is 2.76. The molecular formula is C10H9Cl2NO2. The molecule has 0 bridgehead atoms. The summed E-state index contributed by atoms with van der Waals surface area (Å²) in [6, 6.07) is 4.75. The van der Waals surface area contributed by atoms with Crippen LogP contribution in [0.4, 0.5) is 5.69 Å². The molecule has 0 aliphatic carbocycles. The maximum atomic E-state index is 11.6. The SMILES string of the molecule is O=C1CC(Cl)CN1c1c(O)cccc1Cl. The van der Waals surface area contributed by atoms with Gasteiger partial charge in [-0.3, -0.25) is 4.79 Å². The summed E-state index contributed by atoms with van der Waals surface area (Å²) in [5.74, 6) is -0.111. The number of carbonyl (C=O) groups excluding carboxylic acids is 1. The van der Waals surface area contributed by atoms with E-state index < -0.39 is 0 Å². The summed E-state index contributed by atoms with van der Waals surface area (Å²) in [7, 11) is 0. The first-order valence-electron chi connectivity index (χ1n) is 4.51. The van der Waals surface area contributed by atoms with E-state index in [1.807, 2.05) is 0 Å². The minimum atomic E-state index is -0.215. The Hall–Kier alpha value is -0.930. The van der Waals surface area contributed by atoms with Gasteiger partial charge in [0.25, 0.3) is 0 Å². The molecule has 5 heteroatoms. The van der Waals surface area contributed by atoms with Gasteiger partial charge in [0.1, 0.15) is 11.4 Å². The Bertz CT molecular complexity index is 388. The lowest BCUT2D eigenvalue weighted by molar-refractivity contribution is -0.117. The van der Waals surface area contributed by atoms with Crippen LogP contribution in [0.15, 0.2) is 18.2 Å². The molecular weight excluding hydrogens is 237 g/mol. The Morgan fingerprint density at radius 1 is 1.47 bits per heavy atom. The van der Waals surface area contributed by atoms with Crippen molar-refractivity contribution in [3.8, 4) is 5.75 Å². The number of phenols is 1. The number of carbonyl (C=O) groups is 1. The predicted octanol–water partition coefficient (Wildman–Crippen LogP) is 2.39. The Labute approximate surface area is 97.2 Å². The van der Waals surface area contributed by atoms with E-state index >= 15 is 0 Å². The van der Waals surface area contributed by atoms with Crippen molar-refractivity contribution in [3.05, 3.63) is 23.2 Å². The van der Waals surface area contributed by atoms with Crippen molar-refractivity contribution in [1.82, 2.24) is 0 Å². The molecule has 0 saturated carbocycles. The van der Waals surface area contributed by atoms with E-state index in [2.05, 4.69) is 0 Å². The van der Waals surface area contributed by atoms with Crippen molar-refractivity contribution in [1.29, 1.82) is 0 Å². The highest BCUT2D eigenvalue weighted by molar-refractivity contribution is 6.34. The lowest BCUT2D eigenvalue weighted by atomic mass is 10.2. The molecule has 1 aliphatic heterocycles. The van der Waals surface area contributed by atoms with Crippen LogP contribution in [0.25, 0.3) is 0 Å². The molecule has 1 atom stereocenters. The van der Waals surface area contributed by atoms with E-state index in [4.69, 9.17) is 23.2 Å². The largest absolute Gasteiger partial charge is 0.506 e. The Balaban J connectivity index is 2.41. The standard InChI is InChI=1S/C10H9Cl2NO2/c11-6-4-9(15)13(5-6)10-7(12)2-1-3-8(10)14/h1-3,6,14H,4-5H2. The lowest BCUT2D eigenvalue weighted by Gasteiger charge is -2.18. The zero-order valence-electron chi connectivity index (χ0n) is 7.78. The number of amides is 1. The smallest absolute Gasteiger partial charge is 0.228 e. The van der Waals surface area contributed by atoms with Crippen LogP contribution in [-0.4, -0.2) is 22.9 Å². The molecule has 1 amide bonds. The van der Waals surface area contributed by atoms with Crippen molar-refractivity contribution < 1.29 is 9.90 Å². The van der Waals surface area contributed by atoms with E-state index in [-0.39, 0.29) is 23.5 Å². The number of hydrogen-bond acceptors (Lipinski definition) is 2. The topological polar surface area (TPSA) is 40.5 Å². The van der Waals surface area contributed by atoms with Gasteiger partial charge in [-0.15, -0.1) is 11.6 Å². The molecule has 1 N–H and O–H groups in total. The number of alkyl halides is 1. The van der Waals surface area contributed by atoms with Gasteiger partial charge in [0.05, 0.1) is 10.4 Å². The minimum Gasteiger partial charge on any atom is -0.506 e. The van der Waals surface area contributed by atoms with Gasteiger partial charge < -0.3 is 10.0 Å². The number of nitrogens with zero attached hydrogens (tertiary/aromatic N) is 1. The Morgan fingerprint density at radius 3 is 2.73 bits per heavy atom. The highest BCUT2D eigenvalue weighted by Crippen LogP contribution is 2.37. The fourth-order valence-electron chi connectivity index (χ4n) is 1.65. The summed E-state index contributed by atoms with van der Waals surface area (Å²) in [5.41, 5.74) is 0.354. The molecule has 1 fully saturated rings. The van der Waals surface area contributed by atoms with Gasteiger partial charge in [0.15, 0.2) is 0 Å². The van der Waals surface area contributed by atoms with Crippen molar-refractivity contribution in [2.24, 2.45) is 0 Å². The van der Waals surface area contributed by atoms with Gasteiger partial charge >= 0.3 is 0 Å². The van der Waals surface area contributed by atoms with E-state index in [1.165, 1.54) is 11.0 Å². The first kappa shape index (κ1) is 10.6. The van der Waals surface area contributed by atoms with Crippen molar-refractivity contribution in [2.75, 3.05) is 11.4 Å². The first-order chi connectivity index (χ1) is 7.09. The van der Waals surface area contributed by atoms with Crippen LogP contribution in [0.2, 0.25) is 5.02 Å². The van der Waals surface area contributed by atoms with Crippen LogP contribution in [0, 0.1) is 0 Å². The molecule has 1 aromatic carbocycles. The molecule has 0 spiro atoms. The van der Waals surface area contributed by atoms with E-state index in [0.717, 1.165) is 0 Å². The third kappa shape index (κ3) is 1.90. The monoisotopic (exact) mass is 245 g/mol. The number of hydrogen-bond donors (Lipinski definition) is 1. The number of para-hydroxylation sites is 1. The van der Waals surface area contributed by atoms with E-state index in [0.29, 0.717) is 17.3 Å². The Morgan fingerprint density at radius 2 is 2.20 bits per heavy atom. The molecule has 1 aromatic rings. The summed E-state index contributed by atoms with van der Waals surface area (Å²) >= 11 is 11.8. The molecule has 1 heterocycles. The van der Waals surface area contributed by atoms with Gasteiger partial charge in [-0.05, 0) is 12.1 Å². The van der Waals surface area contributed by atoms with Crippen LogP contribution in [0.1, 0.15) is 6.42 Å². The fourth-order valence-corrected chi connectivity index (χ4v) is 2.19. The van der Waals surface area contributed by atoms with Crippen molar-refractivity contribution >= 4 is 34.8 Å². The van der Waals surface area contributed by atoms with Gasteiger partial charge in [-0.25, -0.2) is 0 Å². The number of benzene rings is 1. The van der Waals surface area contributed by atoms with Crippen molar-refractivity contribution in [2.45, 2.75) is 11.8 Å². The second-order valence-electron chi connectivity index (χ2n) is 3.41. The average molecular weight is 246 g/mol. The van der Waals surface area contributed by atoms with Crippen LogP contribution in [-0.2, 0) is 4.79 Å². The summed E-state index contributed by atoms with van der Waals surface area (Å²) < 4.78 is 0. The average Bonchev–Trinajstić information content (AvgIpc) is 2.45. The zero-order valence-corrected chi connectivity index (χ0v) is 9.29. The van der Waals surface area contributed by atoms with E-state index in [1.54, 1.807) is 12.1 Å². The summed E-state index contributed by atoms with van der Waals surface area (Å²) in [6.07, 6.45) is 0.284. The molecule has 1 unspecified atom stereocenters. The summed E-state index contributed by atoms with van der Waals surface area (Å²) in [5, 5.41) is 9.78. The number of anilines is 1. The van der Waals surface area contributed by atoms with Crippen molar-refractivity contribution in [3.63, 3.8) is 0 Å². The normalized spacial score (nSPS) is 21.1. The fraction of sp³-hybridized carbons (Fsp3) is 0.300. The zero-order chi connectivity index (χ0) is 11.0. The number of phenolic OH excluding ortho intramolecular Hbond substituents is 1. The summed E-state index contributed by atoms with van der Waals surface area (Å²) in [4.78, 5) is 13.0. The van der Waals surface area contributed by atoms with Gasteiger partial charge in [0, 0.05) is 13.0 Å². The molecule has 15 heavy (non-hydrogen) atoms. The molecule has 0 aromatic heterocycles. The lowest BCUT2D eigenvalue weighted by Crippen LogP contribution is -2.24. The van der Waals surface area contributed by atoms with Crippen LogP contribution >= 0.6 is 23.2 Å². The van der Waals surface area contributed by atoms with Gasteiger partial charge in [-0.2, -0.15) is 0 Å². The number of rotatable bonds is 1. The highest BCUT2D eigenvalue weighted by Gasteiger charge is 2.31. The van der Waals surface area contributed by atoms with Crippen LogP contribution in [0.3, 0.4) is 0 Å². The number of aromatic hydroxyl groups is 1. The molecule has 0 radical (unpaired) electrons. The van der Waals surface area contributed by atoms with Gasteiger partial charge in [0.2, 0.25) is 5.91 Å². The van der Waals surface area contributed by atoms with Crippen LogP contribution < -0.4 is 4.90 Å². The second kappa shape index (κ2) is 3.91. The summed E-state index contributed by atoms with van der Waals surface area (Å²) in [6.45, 7) is 0.387. The molecule has 1 saturated heterocycles. The molecule has 3 nitrogen and oxygen atoms in total. The molecule has 2 rings (SSSR count). The second-order valence-corrected chi connectivity index (χ2v) is 4.44. The maximum Gasteiger partial charge on any atom is 0.228 e. The van der Waals surface area contributed by atoms with Gasteiger partial charge in [-0.1, -0.05) is 17.7 Å². The minimum absolute atomic E-state index is 0.00150. The molecule has 80 valence electrons. The van der Waals surface area contributed by atoms with Crippen LogP contribution in [0.5, 0.6) is 5.75 Å². The molecule has 1 aliphatic rings. The maximum absolute atomic E-state index is 11.6. The predicted molar refractivity (Wildman–Crippen MR) is 59.7 cm³/mol. The van der Waals surface area contributed by atoms with E-state index in [9.17, 15) is 9.90 Å². The highest BCUT2D eigenvalue weighted by atomic mass is 35.5.